The molecule has 0 saturated carbocycles. The third-order valence-electron chi connectivity index (χ3n) is 4.40. The predicted molar refractivity (Wildman–Crippen MR) is 105 cm³/mol. The summed E-state index contributed by atoms with van der Waals surface area (Å²) in [5.41, 5.74) is 3.35. The summed E-state index contributed by atoms with van der Waals surface area (Å²) in [6.45, 7) is 4.56. The summed E-state index contributed by atoms with van der Waals surface area (Å²) in [5.74, 6) is 0.190. The van der Waals surface area contributed by atoms with E-state index in [4.69, 9.17) is 9.47 Å². The van der Waals surface area contributed by atoms with Gasteiger partial charge in [0, 0.05) is 24.9 Å². The number of nitrogens with one attached hydrogen (secondary N) is 1. The van der Waals surface area contributed by atoms with Gasteiger partial charge in [-0.25, -0.2) is 0 Å². The third-order valence-corrected chi connectivity index (χ3v) is 4.40. The SMILES string of the molecule is COCCN(CC(=O)Nc1cccc(C)c1C)C(=O)c1ccc(OC)cc1. The van der Waals surface area contributed by atoms with E-state index >= 15 is 0 Å². The number of amides is 2. The Kier molecular flexibility index (Phi) is 7.37. The zero-order chi connectivity index (χ0) is 19.8. The van der Waals surface area contributed by atoms with Crippen LogP contribution in [0.3, 0.4) is 0 Å². The molecule has 0 radical (unpaired) electrons. The number of rotatable bonds is 8. The Labute approximate surface area is 160 Å². The molecule has 2 rings (SSSR count). The lowest BCUT2D eigenvalue weighted by molar-refractivity contribution is -0.117. The highest BCUT2D eigenvalue weighted by Crippen LogP contribution is 2.18. The fourth-order valence-corrected chi connectivity index (χ4v) is 2.62. The molecule has 0 aromatic heterocycles. The van der Waals surface area contributed by atoms with E-state index in [1.165, 1.54) is 4.90 Å². The first kappa shape index (κ1) is 20.5. The monoisotopic (exact) mass is 370 g/mol. The van der Waals surface area contributed by atoms with Gasteiger partial charge in [-0.05, 0) is 55.3 Å². The second-order valence-corrected chi connectivity index (χ2v) is 6.24. The molecule has 1 N–H and O–H groups in total. The van der Waals surface area contributed by atoms with Gasteiger partial charge in [0.25, 0.3) is 5.91 Å². The molecule has 0 aliphatic heterocycles. The number of carbonyl (C=O) groups is 2. The van der Waals surface area contributed by atoms with E-state index in [-0.39, 0.29) is 18.4 Å². The van der Waals surface area contributed by atoms with Crippen LogP contribution in [-0.2, 0) is 9.53 Å². The van der Waals surface area contributed by atoms with Crippen molar-refractivity contribution in [1.29, 1.82) is 0 Å². The number of anilines is 1. The molecule has 2 aromatic carbocycles. The van der Waals surface area contributed by atoms with Gasteiger partial charge in [0.1, 0.15) is 12.3 Å². The molecule has 0 bridgehead atoms. The third kappa shape index (κ3) is 5.56. The van der Waals surface area contributed by atoms with Crippen molar-refractivity contribution in [3.8, 4) is 5.75 Å². The molecule has 0 atom stereocenters. The number of aryl methyl sites for hydroxylation is 1. The van der Waals surface area contributed by atoms with E-state index in [1.54, 1.807) is 38.5 Å². The topological polar surface area (TPSA) is 67.9 Å². The van der Waals surface area contributed by atoms with Crippen LogP contribution < -0.4 is 10.1 Å². The van der Waals surface area contributed by atoms with Gasteiger partial charge in [-0.15, -0.1) is 0 Å². The maximum absolute atomic E-state index is 12.8. The Morgan fingerprint density at radius 1 is 1.04 bits per heavy atom. The fourth-order valence-electron chi connectivity index (χ4n) is 2.62. The smallest absolute Gasteiger partial charge is 0.254 e. The highest BCUT2D eigenvalue weighted by atomic mass is 16.5. The van der Waals surface area contributed by atoms with Crippen LogP contribution in [0.15, 0.2) is 42.5 Å². The quantitative estimate of drug-likeness (QED) is 0.776. The first-order valence-electron chi connectivity index (χ1n) is 8.74. The minimum atomic E-state index is -0.248. The number of benzene rings is 2. The van der Waals surface area contributed by atoms with Gasteiger partial charge in [0.05, 0.1) is 13.7 Å². The van der Waals surface area contributed by atoms with Gasteiger partial charge >= 0.3 is 0 Å². The van der Waals surface area contributed by atoms with Crippen molar-refractivity contribution in [3.05, 3.63) is 59.2 Å². The standard InChI is InChI=1S/C21H26N2O4/c1-15-6-5-7-19(16(15)2)22-20(24)14-23(12-13-26-3)21(25)17-8-10-18(27-4)11-9-17/h5-11H,12-14H2,1-4H3,(H,22,24). The minimum absolute atomic E-state index is 0.0540. The van der Waals surface area contributed by atoms with Crippen LogP contribution in [0.1, 0.15) is 21.5 Å². The molecule has 0 aliphatic carbocycles. The molecule has 0 saturated heterocycles. The number of ether oxygens (including phenoxy) is 2. The number of carbonyl (C=O) groups excluding carboxylic acids is 2. The highest BCUT2D eigenvalue weighted by molar-refractivity contribution is 5.99. The van der Waals surface area contributed by atoms with Gasteiger partial charge < -0.3 is 19.7 Å². The van der Waals surface area contributed by atoms with Gasteiger partial charge in [-0.3, -0.25) is 9.59 Å². The second kappa shape index (κ2) is 9.73. The normalized spacial score (nSPS) is 10.4. The van der Waals surface area contributed by atoms with Crippen LogP contribution in [0.4, 0.5) is 5.69 Å². The predicted octanol–water partition coefficient (Wildman–Crippen LogP) is 3.04. The zero-order valence-electron chi connectivity index (χ0n) is 16.2. The van der Waals surface area contributed by atoms with Crippen molar-refractivity contribution in [1.82, 2.24) is 4.90 Å². The summed E-state index contributed by atoms with van der Waals surface area (Å²) in [7, 11) is 3.13. The number of hydrogen-bond donors (Lipinski definition) is 1. The first-order chi connectivity index (χ1) is 13.0. The van der Waals surface area contributed by atoms with E-state index in [2.05, 4.69) is 5.32 Å². The molecule has 6 nitrogen and oxygen atoms in total. The van der Waals surface area contributed by atoms with Crippen molar-refractivity contribution < 1.29 is 19.1 Å². The molecule has 6 heteroatoms. The van der Waals surface area contributed by atoms with Crippen LogP contribution >= 0.6 is 0 Å². The summed E-state index contributed by atoms with van der Waals surface area (Å²) in [5, 5.41) is 2.89. The Bertz CT molecular complexity index is 787. The van der Waals surface area contributed by atoms with E-state index in [1.807, 2.05) is 32.0 Å². The summed E-state index contributed by atoms with van der Waals surface area (Å²) in [6.07, 6.45) is 0. The Balaban J connectivity index is 2.11. The lowest BCUT2D eigenvalue weighted by Gasteiger charge is -2.22. The average molecular weight is 370 g/mol. The average Bonchev–Trinajstić information content (AvgIpc) is 2.68. The molecule has 0 unspecified atom stereocenters. The summed E-state index contributed by atoms with van der Waals surface area (Å²) >= 11 is 0. The lowest BCUT2D eigenvalue weighted by Crippen LogP contribution is -2.40. The van der Waals surface area contributed by atoms with E-state index < -0.39 is 0 Å². The molecule has 0 fully saturated rings. The molecular formula is C21H26N2O4. The maximum atomic E-state index is 12.8. The van der Waals surface area contributed by atoms with Crippen molar-refractivity contribution in [2.24, 2.45) is 0 Å². The van der Waals surface area contributed by atoms with Crippen molar-refractivity contribution >= 4 is 17.5 Å². The van der Waals surface area contributed by atoms with Crippen LogP contribution in [0.25, 0.3) is 0 Å². The van der Waals surface area contributed by atoms with Gasteiger partial charge in [-0.2, -0.15) is 0 Å². The highest BCUT2D eigenvalue weighted by Gasteiger charge is 2.19. The van der Waals surface area contributed by atoms with Crippen molar-refractivity contribution in [2.75, 3.05) is 39.2 Å². The van der Waals surface area contributed by atoms with Crippen LogP contribution in [-0.4, -0.2) is 50.6 Å². The van der Waals surface area contributed by atoms with Crippen molar-refractivity contribution in [3.63, 3.8) is 0 Å². The summed E-state index contributed by atoms with van der Waals surface area (Å²) < 4.78 is 10.2. The zero-order valence-corrected chi connectivity index (χ0v) is 16.2. The molecule has 0 spiro atoms. The minimum Gasteiger partial charge on any atom is -0.497 e. The Morgan fingerprint density at radius 2 is 1.74 bits per heavy atom. The maximum Gasteiger partial charge on any atom is 0.254 e. The molecular weight excluding hydrogens is 344 g/mol. The molecule has 144 valence electrons. The molecule has 27 heavy (non-hydrogen) atoms. The Morgan fingerprint density at radius 3 is 2.37 bits per heavy atom. The molecule has 0 aliphatic rings. The molecule has 2 amide bonds. The van der Waals surface area contributed by atoms with E-state index in [0.717, 1.165) is 16.8 Å². The lowest BCUT2D eigenvalue weighted by atomic mass is 10.1. The molecule has 2 aromatic rings. The summed E-state index contributed by atoms with van der Waals surface area (Å²) in [6, 6.07) is 12.5. The fraction of sp³-hybridized carbons (Fsp3) is 0.333. The van der Waals surface area contributed by atoms with Gasteiger partial charge in [-0.1, -0.05) is 12.1 Å². The number of hydrogen-bond acceptors (Lipinski definition) is 4. The number of methoxy groups -OCH3 is 2. The van der Waals surface area contributed by atoms with E-state index in [0.29, 0.717) is 24.5 Å². The van der Waals surface area contributed by atoms with Crippen LogP contribution in [0, 0.1) is 13.8 Å². The van der Waals surface area contributed by atoms with Crippen molar-refractivity contribution in [2.45, 2.75) is 13.8 Å². The second-order valence-electron chi connectivity index (χ2n) is 6.24. The van der Waals surface area contributed by atoms with E-state index in [9.17, 15) is 9.59 Å². The Hall–Kier alpha value is -2.86. The van der Waals surface area contributed by atoms with Crippen LogP contribution in [0.2, 0.25) is 0 Å². The first-order valence-corrected chi connectivity index (χ1v) is 8.74. The van der Waals surface area contributed by atoms with Gasteiger partial charge in [0.2, 0.25) is 5.91 Å². The summed E-state index contributed by atoms with van der Waals surface area (Å²) in [4.78, 5) is 26.8. The van der Waals surface area contributed by atoms with Crippen LogP contribution in [0.5, 0.6) is 5.75 Å². The number of nitrogens with zero attached hydrogens (tertiary/aromatic N) is 1. The molecule has 0 heterocycles. The van der Waals surface area contributed by atoms with Gasteiger partial charge in [0.15, 0.2) is 0 Å². The largest absolute Gasteiger partial charge is 0.497 e.